The fourth-order valence-electron chi connectivity index (χ4n) is 3.72. The second-order valence-electron chi connectivity index (χ2n) is 7.08. The van der Waals surface area contributed by atoms with E-state index in [2.05, 4.69) is 25.0 Å². The molecule has 148 valence electrons. The zero-order chi connectivity index (χ0) is 19.5. The molecule has 1 fully saturated rings. The number of pyridine rings is 2. The van der Waals surface area contributed by atoms with Gasteiger partial charge in [0.1, 0.15) is 16.6 Å². The molecule has 0 bridgehead atoms. The Bertz CT molecular complexity index is 1050. The molecule has 0 atom stereocenters. The smallest absolute Gasteiger partial charge is 0.201 e. The molecule has 3 aromatic rings. The van der Waals surface area contributed by atoms with Crippen LogP contribution in [0.4, 0.5) is 5.82 Å². The van der Waals surface area contributed by atoms with E-state index in [1.807, 2.05) is 24.4 Å². The van der Waals surface area contributed by atoms with Crippen molar-refractivity contribution in [3.63, 3.8) is 0 Å². The minimum absolute atomic E-state index is 0.206. The molecule has 28 heavy (non-hydrogen) atoms. The Kier molecular flexibility index (Phi) is 5.79. The van der Waals surface area contributed by atoms with Crippen LogP contribution in [0, 0.1) is 0 Å². The molecule has 0 spiro atoms. The summed E-state index contributed by atoms with van der Waals surface area (Å²) in [6.45, 7) is 0.206. The Morgan fingerprint density at radius 3 is 2.79 bits per heavy atom. The average molecular weight is 420 g/mol. The van der Waals surface area contributed by atoms with E-state index in [1.54, 1.807) is 6.20 Å². The number of aromatic nitrogens is 3. The number of rotatable bonds is 6. The van der Waals surface area contributed by atoms with Crippen LogP contribution in [0.3, 0.4) is 0 Å². The van der Waals surface area contributed by atoms with Crippen LogP contribution in [0.15, 0.2) is 30.6 Å². The highest BCUT2D eigenvalue weighted by Gasteiger charge is 2.15. The van der Waals surface area contributed by atoms with Crippen molar-refractivity contribution in [3.05, 3.63) is 41.3 Å². The summed E-state index contributed by atoms with van der Waals surface area (Å²) >= 11 is 6.30. The van der Waals surface area contributed by atoms with Crippen molar-refractivity contribution in [1.29, 1.82) is 0 Å². The fraction of sp³-hybridized carbons (Fsp3) is 0.368. The highest BCUT2D eigenvalue weighted by Crippen LogP contribution is 2.32. The second kappa shape index (κ2) is 8.46. The topological polar surface area (TPSA) is 99.8 Å². The molecule has 0 aliphatic heterocycles. The molecule has 1 saturated carbocycles. The SMILES string of the molecule is O=[SH](=O)NCc1cnc2[nH]cc(-c3cc(Cl)nc(NC4CCCCC4)c3)c2c1. The lowest BCUT2D eigenvalue weighted by atomic mass is 9.95. The van der Waals surface area contributed by atoms with Gasteiger partial charge >= 0.3 is 0 Å². The third kappa shape index (κ3) is 4.45. The van der Waals surface area contributed by atoms with Gasteiger partial charge in [0.2, 0.25) is 10.9 Å². The average Bonchev–Trinajstić information content (AvgIpc) is 3.10. The van der Waals surface area contributed by atoms with Crippen molar-refractivity contribution < 1.29 is 8.42 Å². The van der Waals surface area contributed by atoms with E-state index in [4.69, 9.17) is 11.6 Å². The van der Waals surface area contributed by atoms with Gasteiger partial charge in [0.25, 0.3) is 0 Å². The van der Waals surface area contributed by atoms with E-state index in [9.17, 15) is 8.42 Å². The van der Waals surface area contributed by atoms with E-state index >= 15 is 0 Å². The predicted octanol–water partition coefficient (Wildman–Crippen LogP) is 3.64. The lowest BCUT2D eigenvalue weighted by Crippen LogP contribution is -2.22. The highest BCUT2D eigenvalue weighted by molar-refractivity contribution is 7.70. The molecular formula is C19H22ClN5O2S. The first-order valence-corrected chi connectivity index (χ1v) is 10.9. The monoisotopic (exact) mass is 419 g/mol. The van der Waals surface area contributed by atoms with Crippen LogP contribution < -0.4 is 10.0 Å². The molecular weight excluding hydrogens is 398 g/mol. The summed E-state index contributed by atoms with van der Waals surface area (Å²) < 4.78 is 24.0. The van der Waals surface area contributed by atoms with Gasteiger partial charge < -0.3 is 10.3 Å². The summed E-state index contributed by atoms with van der Waals surface area (Å²) in [5, 5.41) is 4.86. The van der Waals surface area contributed by atoms with Crippen LogP contribution in [0.5, 0.6) is 0 Å². The van der Waals surface area contributed by atoms with Crippen molar-refractivity contribution in [3.8, 4) is 11.1 Å². The predicted molar refractivity (Wildman–Crippen MR) is 112 cm³/mol. The number of fused-ring (bicyclic) bond motifs is 1. The van der Waals surface area contributed by atoms with Gasteiger partial charge in [0.15, 0.2) is 0 Å². The number of aromatic amines is 1. The number of nitrogens with one attached hydrogen (secondary N) is 3. The van der Waals surface area contributed by atoms with Gasteiger partial charge in [-0.05, 0) is 42.2 Å². The number of hydrogen-bond acceptors (Lipinski definition) is 5. The Morgan fingerprint density at radius 1 is 1.18 bits per heavy atom. The number of halogens is 1. The zero-order valence-electron chi connectivity index (χ0n) is 15.2. The first-order valence-electron chi connectivity index (χ1n) is 9.37. The van der Waals surface area contributed by atoms with E-state index in [-0.39, 0.29) is 6.54 Å². The van der Waals surface area contributed by atoms with Crippen molar-refractivity contribution in [2.24, 2.45) is 0 Å². The van der Waals surface area contributed by atoms with Crippen LogP contribution in [0.2, 0.25) is 5.15 Å². The van der Waals surface area contributed by atoms with Gasteiger partial charge in [-0.1, -0.05) is 30.9 Å². The van der Waals surface area contributed by atoms with Crippen LogP contribution >= 0.6 is 11.6 Å². The maximum absolute atomic E-state index is 10.8. The third-order valence-electron chi connectivity index (χ3n) is 5.06. The lowest BCUT2D eigenvalue weighted by Gasteiger charge is -2.23. The van der Waals surface area contributed by atoms with Crippen molar-refractivity contribution in [2.75, 3.05) is 5.32 Å². The second-order valence-corrected chi connectivity index (χ2v) is 8.29. The molecule has 0 aromatic carbocycles. The number of anilines is 1. The number of thiol groups is 1. The summed E-state index contributed by atoms with van der Waals surface area (Å²) in [5.41, 5.74) is 3.41. The van der Waals surface area contributed by atoms with Crippen LogP contribution in [-0.4, -0.2) is 29.4 Å². The van der Waals surface area contributed by atoms with E-state index in [0.29, 0.717) is 11.2 Å². The molecule has 3 heterocycles. The minimum Gasteiger partial charge on any atom is -0.367 e. The van der Waals surface area contributed by atoms with Gasteiger partial charge in [-0.15, -0.1) is 0 Å². The number of hydrogen-bond donors (Lipinski definition) is 4. The number of H-pyrrole nitrogens is 1. The Balaban J connectivity index is 1.65. The summed E-state index contributed by atoms with van der Waals surface area (Å²) in [6, 6.07) is 6.20. The summed E-state index contributed by atoms with van der Waals surface area (Å²) in [5.74, 6) is 0.776. The van der Waals surface area contributed by atoms with E-state index in [1.165, 1.54) is 19.3 Å². The van der Waals surface area contributed by atoms with Crippen LogP contribution in [0.1, 0.15) is 37.7 Å². The largest absolute Gasteiger partial charge is 0.367 e. The normalized spacial score (nSPS) is 15.4. The molecule has 0 unspecified atom stereocenters. The molecule has 3 N–H and O–H groups in total. The fourth-order valence-corrected chi connectivity index (χ4v) is 4.24. The molecule has 1 aliphatic rings. The van der Waals surface area contributed by atoms with Crippen molar-refractivity contribution >= 4 is 39.3 Å². The Morgan fingerprint density at radius 2 is 2.00 bits per heavy atom. The van der Waals surface area contributed by atoms with Gasteiger partial charge in [-0.2, -0.15) is 0 Å². The molecule has 0 saturated heterocycles. The molecule has 7 nitrogen and oxygen atoms in total. The first-order chi connectivity index (χ1) is 13.6. The maximum atomic E-state index is 10.8. The van der Waals surface area contributed by atoms with Gasteiger partial charge in [-0.3, -0.25) is 0 Å². The lowest BCUT2D eigenvalue weighted by molar-refractivity contribution is 0.462. The molecule has 0 radical (unpaired) electrons. The quantitative estimate of drug-likeness (QED) is 0.361. The molecule has 9 heteroatoms. The zero-order valence-corrected chi connectivity index (χ0v) is 16.9. The minimum atomic E-state index is -2.64. The van der Waals surface area contributed by atoms with Gasteiger partial charge in [-0.25, -0.2) is 23.1 Å². The standard InChI is InChI=1S/C19H22ClN5O2S/c20-17-7-13(8-18(25-17)24-14-4-2-1-3-5-14)16-11-22-19-15(16)6-12(9-21-19)10-23-28(26)27/h6-9,11,14,28H,1-5,10H2,(H,21,22)(H,24,25)(H,23,26,27). The van der Waals surface area contributed by atoms with Gasteiger partial charge in [0.05, 0.1) is 0 Å². The van der Waals surface area contributed by atoms with E-state index in [0.717, 1.165) is 46.4 Å². The third-order valence-corrected chi connectivity index (χ3v) is 5.67. The van der Waals surface area contributed by atoms with Crippen molar-refractivity contribution in [1.82, 2.24) is 19.7 Å². The summed E-state index contributed by atoms with van der Waals surface area (Å²) in [7, 11) is -2.64. The van der Waals surface area contributed by atoms with Crippen LogP contribution in [0.25, 0.3) is 22.2 Å². The van der Waals surface area contributed by atoms with Crippen molar-refractivity contribution in [2.45, 2.75) is 44.7 Å². The molecule has 0 amide bonds. The van der Waals surface area contributed by atoms with E-state index < -0.39 is 10.9 Å². The summed E-state index contributed by atoms with van der Waals surface area (Å²) in [6.07, 6.45) is 9.63. The number of nitrogens with zero attached hydrogens (tertiary/aromatic N) is 2. The Labute approximate surface area is 170 Å². The van der Waals surface area contributed by atoms with Gasteiger partial charge in [0, 0.05) is 35.9 Å². The molecule has 4 rings (SSSR count). The molecule has 3 aromatic heterocycles. The first kappa shape index (κ1) is 19.2. The highest BCUT2D eigenvalue weighted by atomic mass is 35.5. The summed E-state index contributed by atoms with van der Waals surface area (Å²) in [4.78, 5) is 12.0. The molecule has 1 aliphatic carbocycles. The maximum Gasteiger partial charge on any atom is 0.201 e. The Hall–Kier alpha value is -2.16. The van der Waals surface area contributed by atoms with Crippen LogP contribution in [-0.2, 0) is 17.4 Å².